The van der Waals surface area contributed by atoms with Crippen LogP contribution in [0, 0.1) is 12.3 Å². The third-order valence-corrected chi connectivity index (χ3v) is 5.30. The van der Waals surface area contributed by atoms with Crippen molar-refractivity contribution >= 4 is 11.9 Å². The molecule has 0 aromatic heterocycles. The molecular weight excluding hydrogens is 400 g/mol. The Bertz CT molecular complexity index is 1360. The highest BCUT2D eigenvalue weighted by molar-refractivity contribution is 6.05. The van der Waals surface area contributed by atoms with Gasteiger partial charge in [-0.1, -0.05) is 90.8 Å². The average molecular weight is 418 g/mol. The monoisotopic (exact) mass is 418 g/mol. The first kappa shape index (κ1) is 20.6. The Balaban J connectivity index is 1.97. The van der Waals surface area contributed by atoms with Gasteiger partial charge in [-0.25, -0.2) is 9.59 Å². The summed E-state index contributed by atoms with van der Waals surface area (Å²) < 4.78 is 0. The van der Waals surface area contributed by atoms with Crippen molar-refractivity contribution in [2.24, 2.45) is 0 Å². The second-order valence-electron chi connectivity index (χ2n) is 7.16. The maximum absolute atomic E-state index is 12.3. The van der Waals surface area contributed by atoms with Crippen molar-refractivity contribution < 1.29 is 19.8 Å². The van der Waals surface area contributed by atoms with E-state index in [1.165, 1.54) is 0 Å². The Hall–Kier alpha value is -4.62. The van der Waals surface area contributed by atoms with Crippen LogP contribution < -0.4 is 0 Å². The summed E-state index contributed by atoms with van der Waals surface area (Å²) in [4.78, 5) is 24.4. The molecular formula is C28H18O4. The minimum Gasteiger partial charge on any atom is -0.478 e. The highest BCUT2D eigenvalue weighted by atomic mass is 16.4. The van der Waals surface area contributed by atoms with Crippen LogP contribution in [0.3, 0.4) is 0 Å². The topological polar surface area (TPSA) is 74.6 Å². The highest BCUT2D eigenvalue weighted by Crippen LogP contribution is 2.36. The molecule has 4 aromatic rings. The van der Waals surface area contributed by atoms with E-state index in [2.05, 4.69) is 5.92 Å². The van der Waals surface area contributed by atoms with Crippen molar-refractivity contribution in [1.29, 1.82) is 0 Å². The molecule has 0 saturated heterocycles. The van der Waals surface area contributed by atoms with Gasteiger partial charge >= 0.3 is 11.9 Å². The van der Waals surface area contributed by atoms with Crippen LogP contribution in [0.4, 0.5) is 0 Å². The maximum Gasteiger partial charge on any atom is 0.337 e. The number of aromatic carboxylic acids is 2. The summed E-state index contributed by atoms with van der Waals surface area (Å²) in [6, 6.07) is 27.0. The summed E-state index contributed by atoms with van der Waals surface area (Å²) in [6.45, 7) is 0. The van der Waals surface area contributed by atoms with Gasteiger partial charge in [-0.2, -0.15) is 0 Å². The molecule has 0 aliphatic carbocycles. The van der Waals surface area contributed by atoms with E-state index in [0.29, 0.717) is 11.1 Å². The molecule has 32 heavy (non-hydrogen) atoms. The summed E-state index contributed by atoms with van der Waals surface area (Å²) in [6.07, 6.45) is 5.74. The SMILES string of the molecule is C#Cc1c(-c2ccccc2)ccc(-c2ccc(-c3ccccc3)cc2C(=O)O)c1C(=O)O. The molecule has 0 saturated carbocycles. The first-order valence-electron chi connectivity index (χ1n) is 9.86. The van der Waals surface area contributed by atoms with Crippen molar-refractivity contribution in [1.82, 2.24) is 0 Å². The zero-order valence-corrected chi connectivity index (χ0v) is 16.9. The summed E-state index contributed by atoms with van der Waals surface area (Å²) >= 11 is 0. The summed E-state index contributed by atoms with van der Waals surface area (Å²) in [5, 5.41) is 19.9. The summed E-state index contributed by atoms with van der Waals surface area (Å²) in [5.41, 5.74) is 3.66. The fraction of sp³-hybridized carbons (Fsp3) is 0. The van der Waals surface area contributed by atoms with Crippen molar-refractivity contribution in [2.75, 3.05) is 0 Å². The zero-order valence-electron chi connectivity index (χ0n) is 16.9. The van der Waals surface area contributed by atoms with E-state index in [0.717, 1.165) is 16.7 Å². The second kappa shape index (κ2) is 8.63. The van der Waals surface area contributed by atoms with Crippen molar-refractivity contribution in [3.63, 3.8) is 0 Å². The van der Waals surface area contributed by atoms with E-state index in [1.807, 2.05) is 60.7 Å². The molecule has 0 heterocycles. The maximum atomic E-state index is 12.3. The number of terminal acetylenes is 1. The number of benzene rings is 4. The zero-order chi connectivity index (χ0) is 22.7. The van der Waals surface area contributed by atoms with E-state index >= 15 is 0 Å². The van der Waals surface area contributed by atoms with Gasteiger partial charge < -0.3 is 10.2 Å². The van der Waals surface area contributed by atoms with Crippen LogP contribution in [0.2, 0.25) is 0 Å². The number of rotatable bonds is 5. The Kier molecular flexibility index (Phi) is 5.57. The van der Waals surface area contributed by atoms with Gasteiger partial charge in [0, 0.05) is 5.56 Å². The van der Waals surface area contributed by atoms with Crippen LogP contribution >= 0.6 is 0 Å². The van der Waals surface area contributed by atoms with Crippen molar-refractivity contribution in [3.05, 3.63) is 108 Å². The molecule has 0 amide bonds. The standard InChI is InChI=1S/C28H18O4/c1-2-21-22(19-11-7-4-8-12-19)15-16-24(26(21)28(31)32)23-14-13-20(17-25(23)27(29)30)18-9-5-3-6-10-18/h1,3-17H,(H,29,30)(H,31,32). The van der Waals surface area contributed by atoms with E-state index in [-0.39, 0.29) is 22.3 Å². The molecule has 0 radical (unpaired) electrons. The first-order valence-corrected chi connectivity index (χ1v) is 9.86. The van der Waals surface area contributed by atoms with Gasteiger partial charge in [0.15, 0.2) is 0 Å². The van der Waals surface area contributed by atoms with Crippen molar-refractivity contribution in [3.8, 4) is 45.7 Å². The predicted molar refractivity (Wildman–Crippen MR) is 125 cm³/mol. The van der Waals surface area contributed by atoms with Gasteiger partial charge in [0.05, 0.1) is 11.1 Å². The van der Waals surface area contributed by atoms with Crippen LogP contribution in [-0.4, -0.2) is 22.2 Å². The summed E-state index contributed by atoms with van der Waals surface area (Å²) in [5.74, 6) is 0.149. The van der Waals surface area contributed by atoms with Gasteiger partial charge in [0.1, 0.15) is 0 Å². The quantitative estimate of drug-likeness (QED) is 0.386. The Morgan fingerprint density at radius 1 is 0.625 bits per heavy atom. The number of carboxylic acid groups (broad SMARTS) is 2. The average Bonchev–Trinajstić information content (AvgIpc) is 2.83. The van der Waals surface area contributed by atoms with Crippen LogP contribution in [-0.2, 0) is 0 Å². The molecule has 0 aliphatic rings. The van der Waals surface area contributed by atoms with Crippen molar-refractivity contribution in [2.45, 2.75) is 0 Å². The molecule has 4 heteroatoms. The molecule has 0 spiro atoms. The Morgan fingerprint density at radius 3 is 1.75 bits per heavy atom. The fourth-order valence-electron chi connectivity index (χ4n) is 3.82. The van der Waals surface area contributed by atoms with E-state index in [9.17, 15) is 19.8 Å². The van der Waals surface area contributed by atoms with Gasteiger partial charge in [0.2, 0.25) is 0 Å². The van der Waals surface area contributed by atoms with Gasteiger partial charge in [-0.3, -0.25) is 0 Å². The van der Waals surface area contributed by atoms with E-state index < -0.39 is 11.9 Å². The molecule has 154 valence electrons. The highest BCUT2D eigenvalue weighted by Gasteiger charge is 2.23. The van der Waals surface area contributed by atoms with Crippen LogP contribution in [0.1, 0.15) is 26.3 Å². The van der Waals surface area contributed by atoms with Crippen LogP contribution in [0.15, 0.2) is 91.0 Å². The third kappa shape index (κ3) is 3.76. The summed E-state index contributed by atoms with van der Waals surface area (Å²) in [7, 11) is 0. The first-order chi connectivity index (χ1) is 15.5. The molecule has 2 N–H and O–H groups in total. The minimum atomic E-state index is -1.21. The normalized spacial score (nSPS) is 10.3. The van der Waals surface area contributed by atoms with Gasteiger partial charge in [-0.15, -0.1) is 6.42 Å². The molecule has 4 aromatic carbocycles. The number of carboxylic acids is 2. The third-order valence-electron chi connectivity index (χ3n) is 5.30. The smallest absolute Gasteiger partial charge is 0.337 e. The number of hydrogen-bond acceptors (Lipinski definition) is 2. The van der Waals surface area contributed by atoms with Crippen LogP contribution in [0.5, 0.6) is 0 Å². The van der Waals surface area contributed by atoms with E-state index in [4.69, 9.17) is 6.42 Å². The molecule has 0 fully saturated rings. The Labute approximate surface area is 185 Å². The molecule has 4 rings (SSSR count). The predicted octanol–water partition coefficient (Wildman–Crippen LogP) is 6.07. The molecule has 0 unspecified atom stereocenters. The van der Waals surface area contributed by atoms with Crippen LogP contribution in [0.25, 0.3) is 33.4 Å². The fourth-order valence-corrected chi connectivity index (χ4v) is 3.82. The van der Waals surface area contributed by atoms with Gasteiger partial charge in [0.25, 0.3) is 0 Å². The second-order valence-corrected chi connectivity index (χ2v) is 7.16. The lowest BCUT2D eigenvalue weighted by Gasteiger charge is -2.16. The molecule has 4 nitrogen and oxygen atoms in total. The molecule has 0 aliphatic heterocycles. The number of hydrogen-bond donors (Lipinski definition) is 2. The lowest BCUT2D eigenvalue weighted by Crippen LogP contribution is -2.08. The number of carbonyl (C=O) groups is 2. The lowest BCUT2D eigenvalue weighted by atomic mass is 9.87. The molecule has 0 bridgehead atoms. The largest absolute Gasteiger partial charge is 0.478 e. The van der Waals surface area contributed by atoms with Gasteiger partial charge in [-0.05, 0) is 39.4 Å². The lowest BCUT2D eigenvalue weighted by molar-refractivity contribution is 0.0684. The molecule has 0 atom stereocenters. The minimum absolute atomic E-state index is 0.00397. The van der Waals surface area contributed by atoms with E-state index in [1.54, 1.807) is 30.3 Å². The Morgan fingerprint density at radius 2 is 1.19 bits per heavy atom.